The van der Waals surface area contributed by atoms with Crippen LogP contribution in [0.25, 0.3) is 11.1 Å². The van der Waals surface area contributed by atoms with Gasteiger partial charge in [0.2, 0.25) is 0 Å². The van der Waals surface area contributed by atoms with Gasteiger partial charge in [0.15, 0.2) is 5.82 Å². The van der Waals surface area contributed by atoms with Crippen LogP contribution in [0.3, 0.4) is 0 Å². The molecule has 0 saturated heterocycles. The first kappa shape index (κ1) is 12.4. The van der Waals surface area contributed by atoms with E-state index in [2.05, 4.69) is 10.3 Å². The Morgan fingerprint density at radius 2 is 1.78 bits per heavy atom. The molecule has 0 spiro atoms. The highest BCUT2D eigenvalue weighted by Crippen LogP contribution is 2.30. The average molecular weight is 252 g/mol. The molecule has 2 rings (SSSR count). The van der Waals surface area contributed by atoms with E-state index >= 15 is 0 Å². The Labute approximate surface area is 102 Å². The molecule has 0 fully saturated rings. The van der Waals surface area contributed by atoms with E-state index in [1.54, 1.807) is 0 Å². The number of aromatic nitrogens is 1. The first-order valence-corrected chi connectivity index (χ1v) is 5.42. The number of hydrogen-bond acceptors (Lipinski definition) is 2. The van der Waals surface area contributed by atoms with Crippen LogP contribution in [0, 0.1) is 11.6 Å². The van der Waals surface area contributed by atoms with E-state index in [1.807, 2.05) is 0 Å². The van der Waals surface area contributed by atoms with Gasteiger partial charge in [0.1, 0.15) is 12.5 Å². The van der Waals surface area contributed by atoms with Crippen molar-refractivity contribution >= 4 is 5.69 Å². The quantitative estimate of drug-likeness (QED) is 0.902. The lowest BCUT2D eigenvalue weighted by Gasteiger charge is -2.10. The van der Waals surface area contributed by atoms with Crippen molar-refractivity contribution in [3.8, 4) is 11.1 Å². The number of benzene rings is 1. The molecule has 1 aromatic heterocycles. The molecule has 1 N–H and O–H groups in total. The summed E-state index contributed by atoms with van der Waals surface area (Å²) in [6.07, 6.45) is 2.91. The Hall–Kier alpha value is -2.04. The Balaban J connectivity index is 2.46. The maximum absolute atomic E-state index is 14.1. The van der Waals surface area contributed by atoms with Gasteiger partial charge in [0, 0.05) is 18.9 Å². The minimum atomic E-state index is -0.727. The normalized spacial score (nSPS) is 10.4. The molecule has 0 aliphatic heterocycles. The minimum absolute atomic E-state index is 0.0155. The van der Waals surface area contributed by atoms with Gasteiger partial charge in [-0.25, -0.2) is 13.2 Å². The van der Waals surface area contributed by atoms with Crippen LogP contribution in [0.15, 0.2) is 36.7 Å². The van der Waals surface area contributed by atoms with Crippen LogP contribution in [0.1, 0.15) is 0 Å². The van der Waals surface area contributed by atoms with Gasteiger partial charge in [-0.05, 0) is 29.8 Å². The van der Waals surface area contributed by atoms with Crippen LogP contribution >= 0.6 is 0 Å². The molecule has 1 heterocycles. The standard InChI is InChI=1S/C13H11F3N2/c14-5-8-18-11-2-1-10(15)12(13(11)16)9-3-6-17-7-4-9/h1-4,6-7,18H,5,8H2. The van der Waals surface area contributed by atoms with Gasteiger partial charge in [0.05, 0.1) is 11.3 Å². The summed E-state index contributed by atoms with van der Waals surface area (Å²) in [5.74, 6) is -1.39. The molecule has 0 bridgehead atoms. The van der Waals surface area contributed by atoms with Gasteiger partial charge in [0.25, 0.3) is 0 Å². The predicted octanol–water partition coefficient (Wildman–Crippen LogP) is 3.41. The second kappa shape index (κ2) is 5.53. The van der Waals surface area contributed by atoms with Crippen molar-refractivity contribution in [1.29, 1.82) is 0 Å². The first-order valence-electron chi connectivity index (χ1n) is 5.42. The Morgan fingerprint density at radius 3 is 2.44 bits per heavy atom. The molecule has 5 heteroatoms. The van der Waals surface area contributed by atoms with E-state index < -0.39 is 18.3 Å². The fourth-order valence-corrected chi connectivity index (χ4v) is 1.65. The number of anilines is 1. The van der Waals surface area contributed by atoms with Crippen molar-refractivity contribution in [2.75, 3.05) is 18.5 Å². The van der Waals surface area contributed by atoms with Crippen LogP contribution in [-0.2, 0) is 0 Å². The summed E-state index contributed by atoms with van der Waals surface area (Å²) in [6.45, 7) is -0.639. The van der Waals surface area contributed by atoms with E-state index in [1.165, 1.54) is 30.6 Å². The van der Waals surface area contributed by atoms with E-state index in [9.17, 15) is 13.2 Å². The highest BCUT2D eigenvalue weighted by molar-refractivity contribution is 5.69. The first-order chi connectivity index (χ1) is 8.74. The number of halogens is 3. The zero-order valence-electron chi connectivity index (χ0n) is 9.46. The molecule has 2 aromatic rings. The van der Waals surface area contributed by atoms with Crippen molar-refractivity contribution in [1.82, 2.24) is 4.98 Å². The minimum Gasteiger partial charge on any atom is -0.380 e. The number of pyridine rings is 1. The summed E-state index contributed by atoms with van der Waals surface area (Å²) in [5.41, 5.74) is 0.339. The summed E-state index contributed by atoms with van der Waals surface area (Å²) in [4.78, 5) is 3.79. The highest BCUT2D eigenvalue weighted by atomic mass is 19.1. The zero-order chi connectivity index (χ0) is 13.0. The molecular formula is C13H11F3N2. The molecule has 0 atom stereocenters. The number of nitrogens with zero attached hydrogens (tertiary/aromatic N) is 1. The molecule has 0 radical (unpaired) electrons. The van der Waals surface area contributed by atoms with Crippen LogP contribution < -0.4 is 5.32 Å². The summed E-state index contributed by atoms with van der Waals surface area (Å²) in [6, 6.07) is 5.44. The van der Waals surface area contributed by atoms with Crippen molar-refractivity contribution in [2.45, 2.75) is 0 Å². The second-order valence-corrected chi connectivity index (χ2v) is 3.64. The molecule has 0 aliphatic carbocycles. The third-order valence-electron chi connectivity index (χ3n) is 2.47. The van der Waals surface area contributed by atoms with E-state index in [0.717, 1.165) is 6.07 Å². The molecule has 0 aliphatic rings. The van der Waals surface area contributed by atoms with Gasteiger partial charge in [-0.1, -0.05) is 0 Å². The fourth-order valence-electron chi connectivity index (χ4n) is 1.65. The smallest absolute Gasteiger partial charge is 0.157 e. The Bertz CT molecular complexity index is 529. The van der Waals surface area contributed by atoms with E-state index in [-0.39, 0.29) is 17.8 Å². The third kappa shape index (κ3) is 2.45. The number of nitrogens with one attached hydrogen (secondary N) is 1. The SMILES string of the molecule is FCCNc1ccc(F)c(-c2ccncc2)c1F. The van der Waals surface area contributed by atoms with Gasteiger partial charge in [-0.3, -0.25) is 4.98 Å². The van der Waals surface area contributed by atoms with Crippen molar-refractivity contribution in [3.05, 3.63) is 48.3 Å². The average Bonchev–Trinajstić information content (AvgIpc) is 2.39. The topological polar surface area (TPSA) is 24.9 Å². The van der Waals surface area contributed by atoms with E-state index in [0.29, 0.717) is 5.56 Å². The lowest BCUT2D eigenvalue weighted by molar-refractivity contribution is 0.511. The molecule has 1 aromatic carbocycles. The zero-order valence-corrected chi connectivity index (χ0v) is 9.46. The van der Waals surface area contributed by atoms with Crippen LogP contribution in [0.2, 0.25) is 0 Å². The Morgan fingerprint density at radius 1 is 1.06 bits per heavy atom. The third-order valence-corrected chi connectivity index (χ3v) is 2.47. The van der Waals surface area contributed by atoms with Gasteiger partial charge >= 0.3 is 0 Å². The number of hydrogen-bond donors (Lipinski definition) is 1. The molecule has 0 amide bonds. The summed E-state index contributed by atoms with van der Waals surface area (Å²) < 4.78 is 39.8. The molecule has 18 heavy (non-hydrogen) atoms. The van der Waals surface area contributed by atoms with Gasteiger partial charge in [-0.15, -0.1) is 0 Å². The largest absolute Gasteiger partial charge is 0.380 e. The number of rotatable bonds is 4. The lowest BCUT2D eigenvalue weighted by Crippen LogP contribution is -2.06. The lowest BCUT2D eigenvalue weighted by atomic mass is 10.0. The van der Waals surface area contributed by atoms with Gasteiger partial charge < -0.3 is 5.32 Å². The van der Waals surface area contributed by atoms with Crippen molar-refractivity contribution in [2.24, 2.45) is 0 Å². The summed E-state index contributed by atoms with van der Waals surface area (Å²) in [5, 5.41) is 2.57. The molecular weight excluding hydrogens is 241 g/mol. The van der Waals surface area contributed by atoms with E-state index in [4.69, 9.17) is 0 Å². The predicted molar refractivity (Wildman–Crippen MR) is 64.1 cm³/mol. The van der Waals surface area contributed by atoms with Crippen molar-refractivity contribution in [3.63, 3.8) is 0 Å². The highest BCUT2D eigenvalue weighted by Gasteiger charge is 2.15. The van der Waals surface area contributed by atoms with Crippen LogP contribution in [0.5, 0.6) is 0 Å². The van der Waals surface area contributed by atoms with Crippen LogP contribution in [-0.4, -0.2) is 18.2 Å². The van der Waals surface area contributed by atoms with Crippen LogP contribution in [0.4, 0.5) is 18.9 Å². The molecule has 2 nitrogen and oxygen atoms in total. The van der Waals surface area contributed by atoms with Crippen molar-refractivity contribution < 1.29 is 13.2 Å². The molecule has 0 saturated carbocycles. The maximum atomic E-state index is 14.1. The molecule has 0 unspecified atom stereocenters. The number of alkyl halides is 1. The second-order valence-electron chi connectivity index (χ2n) is 3.64. The summed E-state index contributed by atoms with van der Waals surface area (Å²) in [7, 11) is 0. The summed E-state index contributed by atoms with van der Waals surface area (Å²) >= 11 is 0. The monoisotopic (exact) mass is 252 g/mol. The van der Waals surface area contributed by atoms with Gasteiger partial charge in [-0.2, -0.15) is 0 Å². The fraction of sp³-hybridized carbons (Fsp3) is 0.154. The molecule has 94 valence electrons. The Kier molecular flexibility index (Phi) is 3.82. The maximum Gasteiger partial charge on any atom is 0.157 e.